The Hall–Kier alpha value is -3.33. The van der Waals surface area contributed by atoms with Gasteiger partial charge in [0, 0.05) is 0 Å². The smallest absolute Gasteiger partial charge is 0.416 e. The third-order valence-electron chi connectivity index (χ3n) is 4.06. The molecule has 0 saturated carbocycles. The number of fused-ring (bicyclic) bond motifs is 1. The number of para-hydroxylation sites is 3. The molecule has 0 aliphatic carbocycles. The van der Waals surface area contributed by atoms with E-state index in [4.69, 9.17) is 8.60 Å². The van der Waals surface area contributed by atoms with Crippen LogP contribution in [-0.4, -0.2) is 13.4 Å². The quantitative estimate of drug-likeness (QED) is 0.421. The van der Waals surface area contributed by atoms with Crippen molar-refractivity contribution >= 4 is 21.2 Å². The summed E-state index contributed by atoms with van der Waals surface area (Å²) < 4.78 is 74.7. The molecule has 5 nitrogen and oxygen atoms in total. The van der Waals surface area contributed by atoms with Crippen LogP contribution in [0.4, 0.5) is 13.2 Å². The number of alkyl halides is 3. The molecule has 29 heavy (non-hydrogen) atoms. The van der Waals surface area contributed by atoms with E-state index in [9.17, 15) is 21.6 Å². The highest BCUT2D eigenvalue weighted by Crippen LogP contribution is 2.34. The molecule has 0 saturated heterocycles. The van der Waals surface area contributed by atoms with Crippen molar-refractivity contribution in [3.63, 3.8) is 0 Å². The van der Waals surface area contributed by atoms with Crippen molar-refractivity contribution < 1.29 is 30.2 Å². The van der Waals surface area contributed by atoms with E-state index >= 15 is 0 Å². The summed E-state index contributed by atoms with van der Waals surface area (Å²) >= 11 is 0. The van der Waals surface area contributed by atoms with Crippen molar-refractivity contribution in [2.75, 3.05) is 0 Å². The first-order valence-corrected chi connectivity index (χ1v) is 9.71. The molecule has 9 heteroatoms. The molecule has 0 radical (unpaired) electrons. The topological polar surface area (TPSA) is 69.4 Å². The maximum atomic E-state index is 12.9. The lowest BCUT2D eigenvalue weighted by Gasteiger charge is -2.11. The molecule has 0 fully saturated rings. The Balaban J connectivity index is 1.73. The zero-order valence-electron chi connectivity index (χ0n) is 14.6. The van der Waals surface area contributed by atoms with Gasteiger partial charge in [0.2, 0.25) is 5.89 Å². The van der Waals surface area contributed by atoms with Crippen molar-refractivity contribution in [1.82, 2.24) is 4.98 Å². The maximum absolute atomic E-state index is 12.9. The molecule has 4 aromatic rings. The van der Waals surface area contributed by atoms with Crippen LogP contribution in [0.25, 0.3) is 22.6 Å². The first kappa shape index (κ1) is 19.0. The van der Waals surface area contributed by atoms with Gasteiger partial charge >= 0.3 is 16.3 Å². The molecule has 3 aromatic carbocycles. The first-order valence-electron chi connectivity index (χ1n) is 8.31. The Bertz CT molecular complexity index is 1260. The second kappa shape index (κ2) is 6.93. The second-order valence-corrected chi connectivity index (χ2v) is 7.59. The van der Waals surface area contributed by atoms with E-state index < -0.39 is 26.8 Å². The molecule has 148 valence electrons. The fourth-order valence-corrected chi connectivity index (χ4v) is 3.69. The van der Waals surface area contributed by atoms with Gasteiger partial charge in [0.1, 0.15) is 10.4 Å². The summed E-state index contributed by atoms with van der Waals surface area (Å²) in [6.07, 6.45) is -4.68. The fraction of sp³-hybridized carbons (Fsp3) is 0.0500. The van der Waals surface area contributed by atoms with Gasteiger partial charge < -0.3 is 8.60 Å². The zero-order valence-corrected chi connectivity index (χ0v) is 15.4. The molecule has 0 aliphatic rings. The van der Waals surface area contributed by atoms with Crippen molar-refractivity contribution in [1.29, 1.82) is 0 Å². The van der Waals surface area contributed by atoms with E-state index in [1.165, 1.54) is 12.1 Å². The summed E-state index contributed by atoms with van der Waals surface area (Å²) in [5.74, 6) is 0.0116. The second-order valence-electron chi connectivity index (χ2n) is 6.05. The molecular weight excluding hydrogens is 407 g/mol. The molecule has 0 aliphatic heterocycles. The summed E-state index contributed by atoms with van der Waals surface area (Å²) in [6.45, 7) is 0. The molecule has 4 rings (SSSR count). The Morgan fingerprint density at radius 1 is 0.897 bits per heavy atom. The van der Waals surface area contributed by atoms with Crippen LogP contribution < -0.4 is 4.18 Å². The SMILES string of the molecule is O=S(=O)(Oc1ccccc1-c1nc2ccccc2o1)c1cccc(C(F)(F)F)c1. The average molecular weight is 419 g/mol. The molecule has 0 N–H and O–H groups in total. The van der Waals surface area contributed by atoms with Gasteiger partial charge in [0.25, 0.3) is 0 Å². The number of aromatic nitrogens is 1. The van der Waals surface area contributed by atoms with Crippen molar-refractivity contribution in [2.45, 2.75) is 11.1 Å². The number of benzene rings is 3. The van der Waals surface area contributed by atoms with Crippen LogP contribution in [0.2, 0.25) is 0 Å². The van der Waals surface area contributed by atoms with Gasteiger partial charge in [-0.1, -0.05) is 30.3 Å². The van der Waals surface area contributed by atoms with Gasteiger partial charge in [0.15, 0.2) is 11.3 Å². The van der Waals surface area contributed by atoms with Gasteiger partial charge in [-0.05, 0) is 42.5 Å². The van der Waals surface area contributed by atoms with E-state index in [-0.39, 0.29) is 17.2 Å². The van der Waals surface area contributed by atoms with Gasteiger partial charge in [-0.25, -0.2) is 4.98 Å². The summed E-state index contributed by atoms with van der Waals surface area (Å²) in [5.41, 5.74) is 0.227. The maximum Gasteiger partial charge on any atom is 0.416 e. The predicted molar refractivity (Wildman–Crippen MR) is 98.7 cm³/mol. The highest BCUT2D eigenvalue weighted by atomic mass is 32.2. The van der Waals surface area contributed by atoms with Gasteiger partial charge in [-0.3, -0.25) is 0 Å². The third kappa shape index (κ3) is 3.81. The number of nitrogens with zero attached hydrogens (tertiary/aromatic N) is 1. The summed E-state index contributed by atoms with van der Waals surface area (Å²) in [6, 6.07) is 16.4. The lowest BCUT2D eigenvalue weighted by Crippen LogP contribution is -2.12. The molecule has 0 amide bonds. The van der Waals surface area contributed by atoms with Crippen LogP contribution in [0, 0.1) is 0 Å². The Morgan fingerprint density at radius 3 is 2.38 bits per heavy atom. The first-order chi connectivity index (χ1) is 13.7. The van der Waals surface area contributed by atoms with Crippen LogP contribution in [-0.2, 0) is 16.3 Å². The highest BCUT2D eigenvalue weighted by Gasteiger charge is 2.32. The fourth-order valence-electron chi connectivity index (χ4n) is 2.70. The monoisotopic (exact) mass is 419 g/mol. The van der Waals surface area contributed by atoms with E-state index in [1.54, 1.807) is 36.4 Å². The van der Waals surface area contributed by atoms with Gasteiger partial charge in [0.05, 0.1) is 11.1 Å². The Morgan fingerprint density at radius 2 is 1.62 bits per heavy atom. The highest BCUT2D eigenvalue weighted by molar-refractivity contribution is 7.87. The minimum atomic E-state index is -4.68. The number of halogens is 3. The number of oxazole rings is 1. The molecule has 0 unspecified atom stereocenters. The van der Waals surface area contributed by atoms with Crippen molar-refractivity contribution in [2.24, 2.45) is 0 Å². The Labute approximate surface area is 163 Å². The van der Waals surface area contributed by atoms with E-state index in [2.05, 4.69) is 4.98 Å². The average Bonchev–Trinajstić information content (AvgIpc) is 3.11. The number of hydrogen-bond acceptors (Lipinski definition) is 5. The zero-order chi connectivity index (χ0) is 20.6. The van der Waals surface area contributed by atoms with Crippen molar-refractivity contribution in [3.05, 3.63) is 78.4 Å². The Kier molecular flexibility index (Phi) is 4.54. The van der Waals surface area contributed by atoms with Crippen molar-refractivity contribution in [3.8, 4) is 17.2 Å². The minimum absolute atomic E-state index is 0.114. The standard InChI is InChI=1S/C20H12F3NO4S/c21-20(22,23)13-6-5-7-14(12-13)29(25,26)28-17-10-3-1-8-15(17)19-24-16-9-2-4-11-18(16)27-19/h1-12H. The summed E-state index contributed by atoms with van der Waals surface area (Å²) in [5, 5.41) is 0. The van der Waals surface area contributed by atoms with Crippen LogP contribution >= 0.6 is 0 Å². The number of rotatable bonds is 4. The molecule has 0 atom stereocenters. The summed E-state index contributed by atoms with van der Waals surface area (Å²) in [7, 11) is -4.53. The van der Waals surface area contributed by atoms with E-state index in [1.807, 2.05) is 0 Å². The van der Waals surface area contributed by atoms with Crippen LogP contribution in [0.15, 0.2) is 82.1 Å². The molecule has 0 bridgehead atoms. The molecule has 1 heterocycles. The summed E-state index contributed by atoms with van der Waals surface area (Å²) in [4.78, 5) is 3.69. The predicted octanol–water partition coefficient (Wildman–Crippen LogP) is 5.28. The van der Waals surface area contributed by atoms with Crippen LogP contribution in [0.3, 0.4) is 0 Å². The van der Waals surface area contributed by atoms with Gasteiger partial charge in [-0.15, -0.1) is 0 Å². The van der Waals surface area contributed by atoms with E-state index in [0.29, 0.717) is 17.2 Å². The van der Waals surface area contributed by atoms with E-state index in [0.717, 1.165) is 18.2 Å². The van der Waals surface area contributed by atoms with Crippen LogP contribution in [0.1, 0.15) is 5.56 Å². The lowest BCUT2D eigenvalue weighted by molar-refractivity contribution is -0.137. The lowest BCUT2D eigenvalue weighted by atomic mass is 10.2. The molecule has 0 spiro atoms. The minimum Gasteiger partial charge on any atom is -0.436 e. The normalized spacial score (nSPS) is 12.2. The molecular formula is C20H12F3NO4S. The molecule has 1 aromatic heterocycles. The number of hydrogen-bond donors (Lipinski definition) is 0. The van der Waals surface area contributed by atoms with Gasteiger partial charge in [-0.2, -0.15) is 21.6 Å². The van der Waals surface area contributed by atoms with Crippen LogP contribution in [0.5, 0.6) is 5.75 Å². The third-order valence-corrected chi connectivity index (χ3v) is 5.29. The largest absolute Gasteiger partial charge is 0.436 e.